The van der Waals surface area contributed by atoms with Gasteiger partial charge in [-0.05, 0) is 17.5 Å². The van der Waals surface area contributed by atoms with Gasteiger partial charge in [0, 0.05) is 6.61 Å². The van der Waals surface area contributed by atoms with E-state index in [-0.39, 0.29) is 24.8 Å². The Morgan fingerprint density at radius 3 is 2.46 bits per heavy atom. The van der Waals surface area contributed by atoms with E-state index in [0.717, 1.165) is 17.5 Å². The van der Waals surface area contributed by atoms with Crippen molar-refractivity contribution in [2.75, 3.05) is 13.2 Å². The van der Waals surface area contributed by atoms with Gasteiger partial charge < -0.3 is 20.5 Å². The highest BCUT2D eigenvalue weighted by molar-refractivity contribution is 5.75. The van der Waals surface area contributed by atoms with Crippen molar-refractivity contribution in [3.8, 4) is 0 Å². The van der Waals surface area contributed by atoms with Crippen LogP contribution in [0.3, 0.4) is 0 Å². The molecule has 5 nitrogen and oxygen atoms in total. The molecule has 0 unspecified atom stereocenters. The SMILES string of the molecule is O=C(N[C@@H](CO)c1ccccc1)N[C@H]1CCO[C@H]1c1ccccc1. The predicted molar refractivity (Wildman–Crippen MR) is 91.5 cm³/mol. The van der Waals surface area contributed by atoms with E-state index in [1.165, 1.54) is 0 Å². The first kappa shape index (κ1) is 16.5. The number of hydrogen-bond donors (Lipinski definition) is 3. The quantitative estimate of drug-likeness (QED) is 0.791. The third-order valence-corrected chi connectivity index (χ3v) is 4.23. The van der Waals surface area contributed by atoms with E-state index in [0.29, 0.717) is 6.61 Å². The molecule has 126 valence electrons. The number of carbonyl (C=O) groups excluding carboxylic acids is 1. The maximum atomic E-state index is 12.3. The molecule has 0 bridgehead atoms. The van der Waals surface area contributed by atoms with Gasteiger partial charge in [0.05, 0.1) is 18.7 Å². The van der Waals surface area contributed by atoms with Crippen LogP contribution in [-0.4, -0.2) is 30.4 Å². The van der Waals surface area contributed by atoms with Crippen molar-refractivity contribution in [2.24, 2.45) is 0 Å². The van der Waals surface area contributed by atoms with Crippen molar-refractivity contribution in [3.05, 3.63) is 71.8 Å². The van der Waals surface area contributed by atoms with Gasteiger partial charge in [-0.1, -0.05) is 60.7 Å². The Morgan fingerprint density at radius 2 is 1.79 bits per heavy atom. The summed E-state index contributed by atoms with van der Waals surface area (Å²) in [7, 11) is 0. The third kappa shape index (κ3) is 3.93. The highest BCUT2D eigenvalue weighted by Crippen LogP contribution is 2.28. The van der Waals surface area contributed by atoms with Gasteiger partial charge in [-0.25, -0.2) is 4.79 Å². The van der Waals surface area contributed by atoms with Gasteiger partial charge in [-0.3, -0.25) is 0 Å². The number of rotatable bonds is 5. The van der Waals surface area contributed by atoms with Crippen LogP contribution in [0.25, 0.3) is 0 Å². The molecular weight excluding hydrogens is 304 g/mol. The van der Waals surface area contributed by atoms with Crippen LogP contribution >= 0.6 is 0 Å². The number of urea groups is 1. The molecule has 1 heterocycles. The lowest BCUT2D eigenvalue weighted by atomic mass is 10.0. The summed E-state index contributed by atoms with van der Waals surface area (Å²) in [5.74, 6) is 0. The van der Waals surface area contributed by atoms with Gasteiger partial charge in [-0.2, -0.15) is 0 Å². The van der Waals surface area contributed by atoms with Gasteiger partial charge in [0.1, 0.15) is 6.10 Å². The van der Waals surface area contributed by atoms with E-state index in [4.69, 9.17) is 4.74 Å². The zero-order valence-electron chi connectivity index (χ0n) is 13.4. The maximum absolute atomic E-state index is 12.3. The smallest absolute Gasteiger partial charge is 0.315 e. The van der Waals surface area contributed by atoms with E-state index in [1.807, 2.05) is 60.7 Å². The van der Waals surface area contributed by atoms with E-state index in [2.05, 4.69) is 10.6 Å². The highest BCUT2D eigenvalue weighted by atomic mass is 16.5. The van der Waals surface area contributed by atoms with Crippen molar-refractivity contribution >= 4 is 6.03 Å². The summed E-state index contributed by atoms with van der Waals surface area (Å²) in [6.45, 7) is 0.466. The number of benzene rings is 2. The van der Waals surface area contributed by atoms with Crippen molar-refractivity contribution in [2.45, 2.75) is 24.6 Å². The molecule has 2 aromatic carbocycles. The summed E-state index contributed by atoms with van der Waals surface area (Å²) in [5, 5.41) is 15.4. The van der Waals surface area contributed by atoms with E-state index in [9.17, 15) is 9.90 Å². The van der Waals surface area contributed by atoms with Gasteiger partial charge in [-0.15, -0.1) is 0 Å². The Morgan fingerprint density at radius 1 is 1.12 bits per heavy atom. The first-order valence-electron chi connectivity index (χ1n) is 8.17. The fourth-order valence-corrected chi connectivity index (χ4v) is 3.00. The molecule has 0 radical (unpaired) electrons. The molecule has 24 heavy (non-hydrogen) atoms. The van der Waals surface area contributed by atoms with Gasteiger partial charge in [0.15, 0.2) is 0 Å². The molecule has 2 aromatic rings. The number of ether oxygens (including phenoxy) is 1. The molecular formula is C19H22N2O3. The lowest BCUT2D eigenvalue weighted by Gasteiger charge is -2.23. The Balaban J connectivity index is 1.61. The normalized spacial score (nSPS) is 21.2. The van der Waals surface area contributed by atoms with Crippen LogP contribution in [0.1, 0.15) is 29.7 Å². The topological polar surface area (TPSA) is 70.6 Å². The maximum Gasteiger partial charge on any atom is 0.315 e. The molecule has 5 heteroatoms. The molecule has 1 saturated heterocycles. The number of aliphatic hydroxyl groups is 1. The minimum absolute atomic E-state index is 0.0810. The molecule has 0 aromatic heterocycles. The minimum Gasteiger partial charge on any atom is -0.394 e. The van der Waals surface area contributed by atoms with Crippen LogP contribution in [0.5, 0.6) is 0 Å². The Kier molecular flexibility index (Phi) is 5.46. The molecule has 1 fully saturated rings. The largest absolute Gasteiger partial charge is 0.394 e. The number of nitrogens with one attached hydrogen (secondary N) is 2. The van der Waals surface area contributed by atoms with Crippen LogP contribution < -0.4 is 10.6 Å². The molecule has 3 rings (SSSR count). The molecule has 2 amide bonds. The Hall–Kier alpha value is -2.37. The highest BCUT2D eigenvalue weighted by Gasteiger charge is 2.31. The Labute approximate surface area is 141 Å². The number of carbonyl (C=O) groups is 1. The first-order valence-corrected chi connectivity index (χ1v) is 8.17. The zero-order chi connectivity index (χ0) is 16.8. The van der Waals surface area contributed by atoms with Crippen molar-refractivity contribution in [3.63, 3.8) is 0 Å². The Bertz CT molecular complexity index is 648. The van der Waals surface area contributed by atoms with E-state index < -0.39 is 6.04 Å². The van der Waals surface area contributed by atoms with Crippen molar-refractivity contribution in [1.82, 2.24) is 10.6 Å². The molecule has 0 spiro atoms. The van der Waals surface area contributed by atoms with Crippen LogP contribution in [-0.2, 0) is 4.74 Å². The minimum atomic E-state index is -0.427. The lowest BCUT2D eigenvalue weighted by molar-refractivity contribution is 0.0996. The molecule has 1 aliphatic rings. The molecule has 1 aliphatic heterocycles. The van der Waals surface area contributed by atoms with Gasteiger partial charge in [0.2, 0.25) is 0 Å². The van der Waals surface area contributed by atoms with Crippen LogP contribution in [0.15, 0.2) is 60.7 Å². The van der Waals surface area contributed by atoms with Crippen LogP contribution in [0.4, 0.5) is 4.79 Å². The second kappa shape index (κ2) is 7.95. The van der Waals surface area contributed by atoms with Crippen LogP contribution in [0, 0.1) is 0 Å². The first-order chi connectivity index (χ1) is 11.8. The molecule has 3 N–H and O–H groups in total. The second-order valence-electron chi connectivity index (χ2n) is 5.86. The molecule has 3 atom stereocenters. The standard InChI is InChI=1S/C19H22N2O3/c22-13-17(14-7-3-1-4-8-14)21-19(23)20-16-11-12-24-18(16)15-9-5-2-6-10-15/h1-10,16-18,22H,11-13H2,(H2,20,21,23)/t16-,17-,18-/m0/s1. The second-order valence-corrected chi connectivity index (χ2v) is 5.86. The number of amides is 2. The number of hydrogen-bond acceptors (Lipinski definition) is 3. The summed E-state index contributed by atoms with van der Waals surface area (Å²) in [4.78, 5) is 12.3. The van der Waals surface area contributed by atoms with Gasteiger partial charge in [0.25, 0.3) is 0 Å². The third-order valence-electron chi connectivity index (χ3n) is 4.23. The summed E-state index contributed by atoms with van der Waals surface area (Å²) < 4.78 is 5.78. The average Bonchev–Trinajstić information content (AvgIpc) is 3.09. The van der Waals surface area contributed by atoms with Crippen LogP contribution in [0.2, 0.25) is 0 Å². The summed E-state index contributed by atoms with van der Waals surface area (Å²) in [5.41, 5.74) is 1.93. The van der Waals surface area contributed by atoms with E-state index in [1.54, 1.807) is 0 Å². The summed E-state index contributed by atoms with van der Waals surface area (Å²) >= 11 is 0. The van der Waals surface area contributed by atoms with Crippen molar-refractivity contribution < 1.29 is 14.6 Å². The summed E-state index contributed by atoms with van der Waals surface area (Å²) in [6.07, 6.45) is 0.628. The zero-order valence-corrected chi connectivity index (χ0v) is 13.4. The number of aliphatic hydroxyl groups excluding tert-OH is 1. The summed E-state index contributed by atoms with van der Waals surface area (Å²) in [6, 6.07) is 18.5. The van der Waals surface area contributed by atoms with E-state index >= 15 is 0 Å². The molecule has 0 aliphatic carbocycles. The monoisotopic (exact) mass is 326 g/mol. The fourth-order valence-electron chi connectivity index (χ4n) is 3.00. The lowest BCUT2D eigenvalue weighted by Crippen LogP contribution is -2.45. The average molecular weight is 326 g/mol. The van der Waals surface area contributed by atoms with Crippen molar-refractivity contribution in [1.29, 1.82) is 0 Å². The predicted octanol–water partition coefficient (Wildman–Crippen LogP) is 2.55. The van der Waals surface area contributed by atoms with Gasteiger partial charge >= 0.3 is 6.03 Å². The molecule has 0 saturated carbocycles. The fraction of sp³-hybridized carbons (Fsp3) is 0.316.